The number of anilines is 2. The molecule has 34 heavy (non-hydrogen) atoms. The number of halogens is 1. The lowest BCUT2D eigenvalue weighted by molar-refractivity contribution is -0.146. The molecule has 0 N–H and O–H groups in total. The van der Waals surface area contributed by atoms with Gasteiger partial charge in [-0.25, -0.2) is 23.8 Å². The second-order valence-corrected chi connectivity index (χ2v) is 7.77. The van der Waals surface area contributed by atoms with Crippen LogP contribution in [0.25, 0.3) is 0 Å². The fraction of sp³-hybridized carbons (Fsp3) is 0.565. The van der Waals surface area contributed by atoms with Crippen molar-refractivity contribution in [1.29, 1.82) is 0 Å². The van der Waals surface area contributed by atoms with E-state index in [4.69, 9.17) is 14.2 Å². The second kappa shape index (κ2) is 11.7. The Bertz CT molecular complexity index is 908. The van der Waals surface area contributed by atoms with Crippen molar-refractivity contribution < 1.29 is 33.0 Å². The summed E-state index contributed by atoms with van der Waals surface area (Å²) >= 11 is 0. The first kappa shape index (κ1) is 25.3. The zero-order chi connectivity index (χ0) is 24.7. The van der Waals surface area contributed by atoms with Gasteiger partial charge in [-0.05, 0) is 45.7 Å². The van der Waals surface area contributed by atoms with Crippen molar-refractivity contribution in [2.75, 3.05) is 55.8 Å². The summed E-state index contributed by atoms with van der Waals surface area (Å²) < 4.78 is 29.8. The number of pyridine rings is 1. The quantitative estimate of drug-likeness (QED) is 0.174. The van der Waals surface area contributed by atoms with Crippen LogP contribution in [0.4, 0.5) is 20.8 Å². The van der Waals surface area contributed by atoms with Gasteiger partial charge >= 0.3 is 18.0 Å². The molecule has 2 heterocycles. The zero-order valence-corrected chi connectivity index (χ0v) is 19.8. The van der Waals surface area contributed by atoms with Crippen molar-refractivity contribution in [3.05, 3.63) is 29.7 Å². The number of amides is 1. The monoisotopic (exact) mass is 478 g/mol. The van der Waals surface area contributed by atoms with E-state index in [1.54, 1.807) is 35.5 Å². The molecular weight excluding hydrogens is 447 g/mol. The minimum absolute atomic E-state index is 0.0188. The van der Waals surface area contributed by atoms with Gasteiger partial charge in [-0.2, -0.15) is 0 Å². The summed E-state index contributed by atoms with van der Waals surface area (Å²) in [6.45, 7) is 7.09. The van der Waals surface area contributed by atoms with Crippen LogP contribution in [0.15, 0.2) is 23.9 Å². The molecule has 0 bridgehead atoms. The van der Waals surface area contributed by atoms with Crippen LogP contribution in [0.1, 0.15) is 33.6 Å². The lowest BCUT2D eigenvalue weighted by atomic mass is 10.2. The first-order valence-electron chi connectivity index (χ1n) is 11.6. The molecule has 0 aromatic carbocycles. The molecule has 1 amide bonds. The summed E-state index contributed by atoms with van der Waals surface area (Å²) in [6.07, 6.45) is 2.67. The summed E-state index contributed by atoms with van der Waals surface area (Å²) in [4.78, 5) is 46.3. The molecule has 2 aliphatic rings. The number of carbonyl (C=O) groups excluding carboxylic acids is 3. The molecule has 1 aromatic heterocycles. The number of piperazine rings is 1. The van der Waals surface area contributed by atoms with E-state index in [-0.39, 0.29) is 36.7 Å². The first-order chi connectivity index (χ1) is 16.4. The molecule has 0 spiro atoms. The molecule has 11 heteroatoms. The van der Waals surface area contributed by atoms with Crippen LogP contribution >= 0.6 is 0 Å². The number of aromatic nitrogens is 1. The van der Waals surface area contributed by atoms with Crippen LogP contribution < -0.4 is 9.80 Å². The molecular formula is C23H31FN4O6. The van der Waals surface area contributed by atoms with Gasteiger partial charge in [0, 0.05) is 38.4 Å². The van der Waals surface area contributed by atoms with Gasteiger partial charge < -0.3 is 28.9 Å². The van der Waals surface area contributed by atoms with Crippen LogP contribution in [0.2, 0.25) is 0 Å². The number of ether oxygens (including phenoxy) is 3. The maximum Gasteiger partial charge on any atom is 0.409 e. The molecule has 1 aliphatic carbocycles. The minimum Gasteiger partial charge on any atom is -0.462 e. The van der Waals surface area contributed by atoms with Crippen molar-refractivity contribution in [1.82, 2.24) is 9.88 Å². The highest BCUT2D eigenvalue weighted by molar-refractivity contribution is 6.14. The largest absolute Gasteiger partial charge is 0.462 e. The molecule has 1 saturated carbocycles. The van der Waals surface area contributed by atoms with E-state index < -0.39 is 17.8 Å². The van der Waals surface area contributed by atoms with Gasteiger partial charge in [0.05, 0.1) is 19.8 Å². The molecule has 0 radical (unpaired) electrons. The van der Waals surface area contributed by atoms with Gasteiger partial charge in [0.15, 0.2) is 17.2 Å². The Morgan fingerprint density at radius 1 is 1.00 bits per heavy atom. The Morgan fingerprint density at radius 2 is 1.59 bits per heavy atom. The predicted molar refractivity (Wildman–Crippen MR) is 122 cm³/mol. The highest BCUT2D eigenvalue weighted by Crippen LogP contribution is 2.33. The van der Waals surface area contributed by atoms with Gasteiger partial charge in [-0.1, -0.05) is 0 Å². The molecule has 10 nitrogen and oxygen atoms in total. The van der Waals surface area contributed by atoms with E-state index >= 15 is 0 Å². The molecule has 3 rings (SSSR count). The summed E-state index contributed by atoms with van der Waals surface area (Å²) in [5.41, 5.74) is -0.244. The van der Waals surface area contributed by atoms with Gasteiger partial charge in [-0.3, -0.25) is 0 Å². The number of hydrogen-bond acceptors (Lipinski definition) is 9. The SMILES string of the molecule is CCOC(=O)C(=CN(c1ccc(F)c(N2CCN(C(=O)OCC)CC2)n1)C1CC1)C(=O)OCC. The third kappa shape index (κ3) is 6.15. The van der Waals surface area contributed by atoms with Crippen molar-refractivity contribution >= 4 is 29.7 Å². The molecule has 2 fully saturated rings. The maximum absolute atomic E-state index is 14.7. The van der Waals surface area contributed by atoms with E-state index in [0.29, 0.717) is 38.6 Å². The number of carbonyl (C=O) groups is 3. The van der Waals surface area contributed by atoms with Crippen LogP contribution in [-0.4, -0.2) is 80.0 Å². The number of nitrogens with zero attached hydrogens (tertiary/aromatic N) is 4. The second-order valence-electron chi connectivity index (χ2n) is 7.77. The summed E-state index contributed by atoms with van der Waals surface area (Å²) in [5.74, 6) is -1.52. The van der Waals surface area contributed by atoms with Crippen molar-refractivity contribution in [2.24, 2.45) is 0 Å². The summed E-state index contributed by atoms with van der Waals surface area (Å²) in [5, 5.41) is 0. The maximum atomic E-state index is 14.7. The standard InChI is InChI=1S/C23H31FN4O6/c1-4-32-21(29)17(22(30)33-5-2)15-28(16-7-8-16)19-10-9-18(24)20(25-19)26-11-13-27(14-12-26)23(31)34-6-3/h9-10,15-16H,4-8,11-14H2,1-3H3. The van der Waals surface area contributed by atoms with E-state index in [2.05, 4.69) is 4.98 Å². The minimum atomic E-state index is -0.788. The molecule has 0 atom stereocenters. The zero-order valence-electron chi connectivity index (χ0n) is 19.8. The topological polar surface area (TPSA) is 102 Å². The molecule has 1 saturated heterocycles. The van der Waals surface area contributed by atoms with E-state index in [9.17, 15) is 18.8 Å². The predicted octanol–water partition coefficient (Wildman–Crippen LogP) is 2.48. The Labute approximate surface area is 198 Å². The number of rotatable bonds is 9. The third-order valence-corrected chi connectivity index (χ3v) is 5.38. The lowest BCUT2D eigenvalue weighted by Gasteiger charge is -2.35. The van der Waals surface area contributed by atoms with E-state index in [0.717, 1.165) is 12.8 Å². The van der Waals surface area contributed by atoms with Gasteiger partial charge in [-0.15, -0.1) is 0 Å². The summed E-state index contributed by atoms with van der Waals surface area (Å²) in [6, 6.07) is 2.84. The Hall–Kier alpha value is -3.37. The summed E-state index contributed by atoms with van der Waals surface area (Å²) in [7, 11) is 0. The van der Waals surface area contributed by atoms with E-state index in [1.807, 2.05) is 0 Å². The van der Waals surface area contributed by atoms with Crippen LogP contribution in [0.3, 0.4) is 0 Å². The van der Waals surface area contributed by atoms with Crippen LogP contribution in [0, 0.1) is 5.82 Å². The lowest BCUT2D eigenvalue weighted by Crippen LogP contribution is -2.49. The molecule has 1 aromatic rings. The average Bonchev–Trinajstić information content (AvgIpc) is 3.66. The highest BCUT2D eigenvalue weighted by Gasteiger charge is 2.33. The van der Waals surface area contributed by atoms with Gasteiger partial charge in [0.1, 0.15) is 5.82 Å². The normalized spacial score (nSPS) is 15.4. The average molecular weight is 479 g/mol. The molecule has 1 aliphatic heterocycles. The smallest absolute Gasteiger partial charge is 0.409 e. The Balaban J connectivity index is 1.85. The first-order valence-corrected chi connectivity index (χ1v) is 11.6. The van der Waals surface area contributed by atoms with Crippen molar-refractivity contribution in [3.63, 3.8) is 0 Å². The number of hydrogen-bond donors (Lipinski definition) is 0. The van der Waals surface area contributed by atoms with Gasteiger partial charge in [0.25, 0.3) is 0 Å². The van der Waals surface area contributed by atoms with Crippen LogP contribution in [-0.2, 0) is 23.8 Å². The van der Waals surface area contributed by atoms with Crippen molar-refractivity contribution in [3.8, 4) is 0 Å². The fourth-order valence-corrected chi connectivity index (χ4v) is 3.56. The highest BCUT2D eigenvalue weighted by atomic mass is 19.1. The number of esters is 2. The molecule has 186 valence electrons. The van der Waals surface area contributed by atoms with Crippen molar-refractivity contribution in [2.45, 2.75) is 39.7 Å². The van der Waals surface area contributed by atoms with Crippen LogP contribution in [0.5, 0.6) is 0 Å². The Morgan fingerprint density at radius 3 is 2.12 bits per heavy atom. The fourth-order valence-electron chi connectivity index (χ4n) is 3.56. The third-order valence-electron chi connectivity index (χ3n) is 5.38. The van der Waals surface area contributed by atoms with Gasteiger partial charge in [0.2, 0.25) is 0 Å². The molecule has 0 unspecified atom stereocenters. The Kier molecular flexibility index (Phi) is 8.67. The van der Waals surface area contributed by atoms with E-state index in [1.165, 1.54) is 18.3 Å².